The molecule has 4 amide bonds. The maximum atomic E-state index is 14.7. The highest BCUT2D eigenvalue weighted by atomic mass is 32.2. The number of aromatic nitrogens is 1. The summed E-state index contributed by atoms with van der Waals surface area (Å²) >= 11 is 0. The average Bonchev–Trinajstić information content (AvgIpc) is 4.06. The van der Waals surface area contributed by atoms with Crippen LogP contribution in [0.4, 0.5) is 22.4 Å². The van der Waals surface area contributed by atoms with E-state index in [9.17, 15) is 45.2 Å². The van der Waals surface area contributed by atoms with E-state index in [0.29, 0.717) is 50.9 Å². The molecule has 324 valence electrons. The predicted molar refractivity (Wildman–Crippen MR) is 206 cm³/mol. The van der Waals surface area contributed by atoms with E-state index in [4.69, 9.17) is 14.2 Å². The second-order valence-electron chi connectivity index (χ2n) is 16.8. The van der Waals surface area contributed by atoms with Crippen molar-refractivity contribution in [3.05, 3.63) is 42.6 Å². The molecule has 0 bridgehead atoms. The van der Waals surface area contributed by atoms with Crippen LogP contribution in [-0.4, -0.2) is 102 Å². The molecule has 1 unspecified atom stereocenters. The maximum Gasteiger partial charge on any atom is 0.427 e. The number of alkyl carbamates (subject to hydrolysis) is 1. The van der Waals surface area contributed by atoms with Gasteiger partial charge in [-0.25, -0.2) is 22.6 Å². The summed E-state index contributed by atoms with van der Waals surface area (Å²) in [5.41, 5.74) is -4.67. The first-order valence-electron chi connectivity index (χ1n) is 19.8. The molecular formula is C40H51F4N5O9S. The number of rotatable bonds is 10. The fourth-order valence-electron chi connectivity index (χ4n) is 7.83. The van der Waals surface area contributed by atoms with E-state index in [-0.39, 0.29) is 44.0 Å². The van der Waals surface area contributed by atoms with Gasteiger partial charge in [0.15, 0.2) is 0 Å². The molecule has 2 saturated carbocycles. The lowest BCUT2D eigenvalue weighted by molar-refractivity contribution is -0.244. The Morgan fingerprint density at radius 2 is 1.83 bits per heavy atom. The average molecular weight is 854 g/mol. The van der Waals surface area contributed by atoms with Crippen LogP contribution in [0.5, 0.6) is 11.6 Å². The molecule has 1 aromatic heterocycles. The molecule has 19 heteroatoms. The van der Waals surface area contributed by atoms with Gasteiger partial charge in [-0.15, -0.1) is 0 Å². The third kappa shape index (κ3) is 9.09. The SMILES string of the molecule is CCOc1ccc2c(O[C@@H]3C[C@H]4C(=O)N[C@]5(C(=O)NS(=O)(=O)C6(CF)CC6)CC5/C=C\CC[C@H](C)C[C@@H](C)[C@H](NC(=O)OC(C)(C)C(F)(F)F)C(=O)N4C3)nccc2c1. The number of fused-ring (bicyclic) bond motifs is 3. The number of ether oxygens (including phenoxy) is 3. The van der Waals surface area contributed by atoms with E-state index in [0.717, 1.165) is 10.3 Å². The molecule has 14 nitrogen and oxygen atoms in total. The Labute approximate surface area is 340 Å². The Kier molecular flexibility index (Phi) is 12.2. The van der Waals surface area contributed by atoms with Crippen LogP contribution in [0.1, 0.15) is 79.6 Å². The van der Waals surface area contributed by atoms with Crippen molar-refractivity contribution in [1.29, 1.82) is 0 Å². The summed E-state index contributed by atoms with van der Waals surface area (Å²) in [4.78, 5) is 61.8. The van der Waals surface area contributed by atoms with Gasteiger partial charge in [-0.1, -0.05) is 26.0 Å². The highest BCUT2D eigenvalue weighted by Crippen LogP contribution is 2.48. The summed E-state index contributed by atoms with van der Waals surface area (Å²) in [5, 5.41) is 6.41. The van der Waals surface area contributed by atoms with Crippen LogP contribution in [-0.2, 0) is 29.1 Å². The lowest BCUT2D eigenvalue weighted by Gasteiger charge is -2.34. The molecule has 59 heavy (non-hydrogen) atoms. The van der Waals surface area contributed by atoms with Gasteiger partial charge in [0.1, 0.15) is 40.9 Å². The zero-order chi connectivity index (χ0) is 43.1. The number of carbonyl (C=O) groups is 4. The van der Waals surface area contributed by atoms with Crippen LogP contribution in [0.25, 0.3) is 10.8 Å². The van der Waals surface area contributed by atoms with Gasteiger partial charge >= 0.3 is 12.3 Å². The predicted octanol–water partition coefficient (Wildman–Crippen LogP) is 5.25. The Morgan fingerprint density at radius 1 is 1.10 bits per heavy atom. The van der Waals surface area contributed by atoms with Crippen molar-refractivity contribution >= 4 is 44.6 Å². The van der Waals surface area contributed by atoms with E-state index in [1.165, 1.54) is 6.20 Å². The number of allylic oxidation sites excluding steroid dienone is 1. The fraction of sp³-hybridized carbons (Fsp3) is 0.625. The third-order valence-electron chi connectivity index (χ3n) is 11.9. The van der Waals surface area contributed by atoms with Crippen LogP contribution in [0.15, 0.2) is 42.6 Å². The topological polar surface area (TPSA) is 182 Å². The van der Waals surface area contributed by atoms with Crippen molar-refractivity contribution in [2.24, 2.45) is 17.8 Å². The Hall–Kier alpha value is -4.68. The second-order valence-corrected chi connectivity index (χ2v) is 18.9. The number of hydrogen-bond acceptors (Lipinski definition) is 10. The van der Waals surface area contributed by atoms with E-state index >= 15 is 0 Å². The van der Waals surface area contributed by atoms with Crippen LogP contribution < -0.4 is 24.8 Å². The number of nitrogens with one attached hydrogen (secondary N) is 3. The third-order valence-corrected chi connectivity index (χ3v) is 14.0. The number of pyridine rings is 1. The van der Waals surface area contributed by atoms with Crippen LogP contribution in [0.2, 0.25) is 0 Å². The highest BCUT2D eigenvalue weighted by molar-refractivity contribution is 7.91. The zero-order valence-electron chi connectivity index (χ0n) is 33.6. The number of amides is 4. The summed E-state index contributed by atoms with van der Waals surface area (Å²) in [6.45, 7) is 5.78. The van der Waals surface area contributed by atoms with Gasteiger partial charge < -0.3 is 29.7 Å². The molecule has 0 spiro atoms. The minimum absolute atomic E-state index is 0.0150. The first kappa shape index (κ1) is 43.9. The molecule has 3 heterocycles. The lowest BCUT2D eigenvalue weighted by Crippen LogP contribution is -2.60. The van der Waals surface area contributed by atoms with Crippen molar-refractivity contribution in [2.45, 2.75) is 120 Å². The molecule has 1 aromatic carbocycles. The Morgan fingerprint density at radius 3 is 2.49 bits per heavy atom. The van der Waals surface area contributed by atoms with Gasteiger partial charge in [0.25, 0.3) is 5.91 Å². The van der Waals surface area contributed by atoms with Crippen LogP contribution >= 0.6 is 0 Å². The number of hydrogen-bond donors (Lipinski definition) is 3. The van der Waals surface area contributed by atoms with Gasteiger partial charge in [-0.05, 0) is 101 Å². The van der Waals surface area contributed by atoms with Crippen molar-refractivity contribution in [1.82, 2.24) is 25.2 Å². The zero-order valence-corrected chi connectivity index (χ0v) is 34.4. The summed E-state index contributed by atoms with van der Waals surface area (Å²) in [7, 11) is -4.46. The lowest BCUT2D eigenvalue weighted by atomic mass is 9.88. The van der Waals surface area contributed by atoms with Gasteiger partial charge in [0.05, 0.1) is 13.2 Å². The van der Waals surface area contributed by atoms with Gasteiger partial charge in [-0.3, -0.25) is 19.1 Å². The minimum atomic E-state index is -4.93. The smallest absolute Gasteiger partial charge is 0.427 e. The van der Waals surface area contributed by atoms with Gasteiger partial charge in [0.2, 0.25) is 33.3 Å². The Bertz CT molecular complexity index is 2100. The summed E-state index contributed by atoms with van der Waals surface area (Å²) < 4.78 is 98.5. The standard InChI is InChI=1S/C40H51F4N5O9S/c1-6-56-27-11-12-29-25(18-27)13-16-45-33(29)57-28-19-30-32(50)47-39(35(52)48-59(54,55)38(22-41)14-15-38)20-26(39)10-8-7-9-23(2)17-24(3)31(34(51)49(30)21-28)46-36(53)58-37(4,5)40(42,43)44/h8,10-13,16,18,23-24,26,28,30-31H,6-7,9,14-15,17,19-22H2,1-5H3,(H,46,53)(H,47,50)(H,48,52)/b10-8-/t23-,24+,26?,28+,30-,31-,39+/m0/s1. The molecule has 0 radical (unpaired) electrons. The summed E-state index contributed by atoms with van der Waals surface area (Å²) in [6, 6.07) is 4.19. The van der Waals surface area contributed by atoms with Crippen molar-refractivity contribution < 1.29 is 59.4 Å². The summed E-state index contributed by atoms with van der Waals surface area (Å²) in [6.07, 6.45) is -0.951. The monoisotopic (exact) mass is 853 g/mol. The van der Waals surface area contributed by atoms with Crippen molar-refractivity contribution in [2.75, 3.05) is 19.8 Å². The number of benzene rings is 1. The fourth-order valence-corrected chi connectivity index (χ4v) is 9.26. The van der Waals surface area contributed by atoms with Crippen LogP contribution in [0.3, 0.4) is 0 Å². The van der Waals surface area contributed by atoms with E-state index < -0.39 is 92.6 Å². The first-order chi connectivity index (χ1) is 27.7. The van der Waals surface area contributed by atoms with E-state index in [1.807, 2.05) is 24.6 Å². The molecular weight excluding hydrogens is 803 g/mol. The quantitative estimate of drug-likeness (QED) is 0.211. The summed E-state index contributed by atoms with van der Waals surface area (Å²) in [5.74, 6) is -3.29. The van der Waals surface area contributed by atoms with Crippen molar-refractivity contribution in [3.8, 4) is 11.6 Å². The molecule has 7 atom stereocenters. The molecule has 2 aromatic rings. The van der Waals surface area contributed by atoms with Gasteiger partial charge in [0, 0.05) is 23.9 Å². The highest BCUT2D eigenvalue weighted by Gasteiger charge is 2.64. The Balaban J connectivity index is 1.35. The molecule has 2 aliphatic carbocycles. The number of nitrogens with zero attached hydrogens (tertiary/aromatic N) is 2. The van der Waals surface area contributed by atoms with Gasteiger partial charge in [-0.2, -0.15) is 13.2 Å². The number of sulfonamides is 1. The van der Waals surface area contributed by atoms with Crippen LogP contribution in [0, 0.1) is 17.8 Å². The largest absolute Gasteiger partial charge is 0.494 e. The van der Waals surface area contributed by atoms with Crippen molar-refractivity contribution in [3.63, 3.8) is 0 Å². The number of halogens is 4. The minimum Gasteiger partial charge on any atom is -0.494 e. The molecule has 4 aliphatic rings. The molecule has 3 fully saturated rings. The second kappa shape index (κ2) is 16.4. The number of alkyl halides is 4. The van der Waals surface area contributed by atoms with E-state index in [2.05, 4.69) is 15.6 Å². The molecule has 2 aliphatic heterocycles. The normalized spacial score (nSPS) is 29.1. The molecule has 3 N–H and O–H groups in total. The van der Waals surface area contributed by atoms with E-state index in [1.54, 1.807) is 37.3 Å². The number of carbonyl (C=O) groups excluding carboxylic acids is 4. The molecule has 6 rings (SSSR count). The maximum absolute atomic E-state index is 14.7. The first-order valence-corrected chi connectivity index (χ1v) is 21.3. The molecule has 1 saturated heterocycles.